The number of benzene rings is 1. The fourth-order valence-corrected chi connectivity index (χ4v) is 3.61. The molecule has 1 amide bonds. The molecule has 30 heavy (non-hydrogen) atoms. The summed E-state index contributed by atoms with van der Waals surface area (Å²) in [5.74, 6) is 2.72. The molecule has 160 valence electrons. The van der Waals surface area contributed by atoms with E-state index in [4.69, 9.17) is 4.74 Å². The fraction of sp³-hybridized carbons (Fsp3) is 0.435. The fourth-order valence-electron chi connectivity index (χ4n) is 3.61. The number of aromatic nitrogens is 1. The van der Waals surface area contributed by atoms with E-state index >= 15 is 0 Å². The number of guanidine groups is 1. The number of nitrogens with zero attached hydrogens (tertiary/aromatic N) is 3. The van der Waals surface area contributed by atoms with Gasteiger partial charge in [-0.15, -0.1) is 0 Å². The van der Waals surface area contributed by atoms with E-state index in [9.17, 15) is 4.79 Å². The number of carbonyl (C=O) groups is 1. The molecular weight excluding hydrogens is 378 g/mol. The van der Waals surface area contributed by atoms with Crippen LogP contribution in [0.5, 0.6) is 5.75 Å². The summed E-state index contributed by atoms with van der Waals surface area (Å²) in [6.45, 7) is 7.05. The van der Waals surface area contributed by atoms with E-state index in [-0.39, 0.29) is 5.91 Å². The highest BCUT2D eigenvalue weighted by Gasteiger charge is 2.26. The molecule has 7 heteroatoms. The van der Waals surface area contributed by atoms with Crippen LogP contribution in [0.1, 0.15) is 36.9 Å². The Bertz CT molecular complexity index is 866. The number of carbonyl (C=O) groups excluding carboxylic acids is 1. The van der Waals surface area contributed by atoms with Crippen LogP contribution >= 0.6 is 0 Å². The van der Waals surface area contributed by atoms with Crippen molar-refractivity contribution in [2.75, 3.05) is 38.6 Å². The molecule has 7 nitrogen and oxygen atoms in total. The predicted molar refractivity (Wildman–Crippen MR) is 120 cm³/mol. The first-order chi connectivity index (χ1) is 14.6. The zero-order valence-electron chi connectivity index (χ0n) is 18.0. The highest BCUT2D eigenvalue weighted by atomic mass is 16.5. The Morgan fingerprint density at radius 1 is 1.27 bits per heavy atom. The molecule has 1 unspecified atom stereocenters. The minimum Gasteiger partial charge on any atom is -0.497 e. The van der Waals surface area contributed by atoms with Crippen molar-refractivity contribution in [3.63, 3.8) is 0 Å². The van der Waals surface area contributed by atoms with Crippen LogP contribution in [0.15, 0.2) is 47.5 Å². The lowest BCUT2D eigenvalue weighted by Gasteiger charge is -2.21. The van der Waals surface area contributed by atoms with Crippen LogP contribution in [0, 0.1) is 6.92 Å². The van der Waals surface area contributed by atoms with E-state index in [0.29, 0.717) is 24.7 Å². The molecule has 2 aromatic rings. The molecule has 2 N–H and O–H groups in total. The molecule has 0 spiro atoms. The van der Waals surface area contributed by atoms with Gasteiger partial charge in [0.2, 0.25) is 5.91 Å². The van der Waals surface area contributed by atoms with Crippen LogP contribution < -0.4 is 15.4 Å². The number of methoxy groups -OCH3 is 1. The van der Waals surface area contributed by atoms with E-state index in [1.807, 2.05) is 31.2 Å². The smallest absolute Gasteiger partial charge is 0.227 e. The number of anilines is 1. The monoisotopic (exact) mass is 409 g/mol. The largest absolute Gasteiger partial charge is 0.497 e. The quantitative estimate of drug-likeness (QED) is 0.542. The third kappa shape index (κ3) is 5.95. The lowest BCUT2D eigenvalue weighted by atomic mass is 9.98. The summed E-state index contributed by atoms with van der Waals surface area (Å²) < 4.78 is 5.25. The number of ether oxygens (including phenoxy) is 1. The Morgan fingerprint density at radius 3 is 2.77 bits per heavy atom. The molecule has 1 aromatic heterocycles. The second kappa shape index (κ2) is 10.6. The van der Waals surface area contributed by atoms with Crippen molar-refractivity contribution >= 4 is 17.7 Å². The molecule has 0 radical (unpaired) electrons. The van der Waals surface area contributed by atoms with E-state index < -0.39 is 0 Å². The summed E-state index contributed by atoms with van der Waals surface area (Å²) in [4.78, 5) is 23.5. The van der Waals surface area contributed by atoms with Crippen molar-refractivity contribution in [2.45, 2.75) is 32.6 Å². The Kier molecular flexibility index (Phi) is 7.65. The van der Waals surface area contributed by atoms with Gasteiger partial charge in [-0.3, -0.25) is 9.79 Å². The molecule has 0 bridgehead atoms. The third-order valence-corrected chi connectivity index (χ3v) is 5.17. The maximum atomic E-state index is 12.2. The van der Waals surface area contributed by atoms with E-state index in [1.54, 1.807) is 13.2 Å². The number of aryl methyl sites for hydroxylation is 1. The number of hydrogen-bond donors (Lipinski definition) is 2. The predicted octanol–water partition coefficient (Wildman–Crippen LogP) is 3.18. The Balaban J connectivity index is 1.54. The molecule has 0 saturated carbocycles. The van der Waals surface area contributed by atoms with Crippen molar-refractivity contribution in [1.82, 2.24) is 15.2 Å². The summed E-state index contributed by atoms with van der Waals surface area (Å²) in [5.41, 5.74) is 2.19. The Hall–Kier alpha value is -3.09. The number of nitrogens with one attached hydrogen (secondary N) is 2. The number of aliphatic imine (C=N–C) groups is 1. The third-order valence-electron chi connectivity index (χ3n) is 5.17. The average Bonchev–Trinajstić information content (AvgIpc) is 3.23. The minimum atomic E-state index is -0.0785. The first-order valence-corrected chi connectivity index (χ1v) is 10.5. The summed E-state index contributed by atoms with van der Waals surface area (Å²) >= 11 is 0. The Morgan fingerprint density at radius 2 is 2.07 bits per heavy atom. The lowest BCUT2D eigenvalue weighted by Crippen LogP contribution is -2.40. The maximum absolute atomic E-state index is 12.2. The van der Waals surface area contributed by atoms with Gasteiger partial charge >= 0.3 is 0 Å². The normalized spacial score (nSPS) is 16.4. The van der Waals surface area contributed by atoms with Crippen LogP contribution in [-0.4, -0.2) is 55.0 Å². The van der Waals surface area contributed by atoms with Gasteiger partial charge in [0.15, 0.2) is 5.96 Å². The van der Waals surface area contributed by atoms with Gasteiger partial charge in [0.1, 0.15) is 11.6 Å². The van der Waals surface area contributed by atoms with Crippen LogP contribution in [0.25, 0.3) is 0 Å². The van der Waals surface area contributed by atoms with Gasteiger partial charge in [0.05, 0.1) is 13.7 Å². The average molecular weight is 410 g/mol. The zero-order valence-corrected chi connectivity index (χ0v) is 18.0. The molecule has 1 aliphatic rings. The van der Waals surface area contributed by atoms with Gasteiger partial charge < -0.3 is 20.3 Å². The topological polar surface area (TPSA) is 78.8 Å². The second-order valence-corrected chi connectivity index (χ2v) is 7.40. The Labute approximate surface area is 178 Å². The summed E-state index contributed by atoms with van der Waals surface area (Å²) in [5, 5.41) is 6.19. The number of pyridine rings is 1. The molecule has 1 fully saturated rings. The van der Waals surface area contributed by atoms with Crippen molar-refractivity contribution in [2.24, 2.45) is 4.99 Å². The molecule has 1 aliphatic heterocycles. The van der Waals surface area contributed by atoms with Crippen LogP contribution in [0.2, 0.25) is 0 Å². The molecule has 1 saturated heterocycles. The van der Waals surface area contributed by atoms with E-state index in [1.165, 1.54) is 5.56 Å². The van der Waals surface area contributed by atoms with Crippen LogP contribution in [0.4, 0.5) is 5.82 Å². The number of likely N-dealkylation sites (tertiary alicyclic amines) is 1. The van der Waals surface area contributed by atoms with Crippen molar-refractivity contribution in [3.05, 3.63) is 53.7 Å². The van der Waals surface area contributed by atoms with Crippen LogP contribution in [-0.2, 0) is 4.79 Å². The minimum absolute atomic E-state index is 0.0785. The first-order valence-electron chi connectivity index (χ1n) is 10.5. The zero-order chi connectivity index (χ0) is 21.3. The highest BCUT2D eigenvalue weighted by Crippen LogP contribution is 2.28. The van der Waals surface area contributed by atoms with Crippen LogP contribution in [0.3, 0.4) is 0 Å². The number of hydrogen-bond acceptors (Lipinski definition) is 4. The highest BCUT2D eigenvalue weighted by molar-refractivity contribution is 5.90. The maximum Gasteiger partial charge on any atom is 0.227 e. The summed E-state index contributed by atoms with van der Waals surface area (Å²) in [7, 11) is 1.68. The standard InChI is InChI=1S/C23H31N5O2/c1-4-24-23(25-14-12-22(29)27-21-7-5-6-17(2)26-21)28-15-13-19(16-28)18-8-10-20(30-3)11-9-18/h5-11,19H,4,12-16H2,1-3H3,(H,24,25)(H,26,27,29). The van der Waals surface area contributed by atoms with E-state index in [0.717, 1.165) is 43.5 Å². The molecule has 0 aliphatic carbocycles. The number of amides is 1. The second-order valence-electron chi connectivity index (χ2n) is 7.40. The SMILES string of the molecule is CCNC(=NCCC(=O)Nc1cccc(C)n1)N1CCC(c2ccc(OC)cc2)C1. The molecule has 3 rings (SSSR count). The van der Waals surface area contributed by atoms with Gasteiger partial charge in [-0.25, -0.2) is 4.98 Å². The lowest BCUT2D eigenvalue weighted by molar-refractivity contribution is -0.116. The van der Waals surface area contributed by atoms with Gasteiger partial charge in [-0.2, -0.15) is 0 Å². The van der Waals surface area contributed by atoms with E-state index in [2.05, 4.69) is 44.6 Å². The molecular formula is C23H31N5O2. The molecule has 1 aromatic carbocycles. The summed E-state index contributed by atoms with van der Waals surface area (Å²) in [6.07, 6.45) is 1.40. The first kappa shape index (κ1) is 21.6. The molecule has 2 heterocycles. The number of rotatable bonds is 7. The van der Waals surface area contributed by atoms with Gasteiger partial charge in [-0.1, -0.05) is 18.2 Å². The van der Waals surface area contributed by atoms with Crippen molar-refractivity contribution in [1.29, 1.82) is 0 Å². The summed E-state index contributed by atoms with van der Waals surface area (Å²) in [6, 6.07) is 13.9. The van der Waals surface area contributed by atoms with Crippen molar-refractivity contribution < 1.29 is 9.53 Å². The van der Waals surface area contributed by atoms with Gasteiger partial charge in [-0.05, 0) is 50.1 Å². The van der Waals surface area contributed by atoms with Crippen molar-refractivity contribution in [3.8, 4) is 5.75 Å². The van der Waals surface area contributed by atoms with Gasteiger partial charge in [0, 0.05) is 37.7 Å². The molecule has 1 atom stereocenters. The van der Waals surface area contributed by atoms with Gasteiger partial charge in [0.25, 0.3) is 0 Å².